The fourth-order valence-corrected chi connectivity index (χ4v) is 2.32. The second kappa shape index (κ2) is 5.21. The van der Waals surface area contributed by atoms with Gasteiger partial charge in [0.15, 0.2) is 0 Å². The van der Waals surface area contributed by atoms with Crippen molar-refractivity contribution in [3.63, 3.8) is 0 Å². The number of likely N-dealkylation sites (tertiary alicyclic amines) is 1. The summed E-state index contributed by atoms with van der Waals surface area (Å²) in [6, 6.07) is 5.98. The highest BCUT2D eigenvalue weighted by Gasteiger charge is 2.20. The van der Waals surface area contributed by atoms with Gasteiger partial charge in [-0.2, -0.15) is 0 Å². The molecule has 0 saturated carbocycles. The molecule has 17 heavy (non-hydrogen) atoms. The number of hydrogen-bond donors (Lipinski definition) is 1. The van der Waals surface area contributed by atoms with Crippen molar-refractivity contribution < 1.29 is 4.79 Å². The van der Waals surface area contributed by atoms with Gasteiger partial charge >= 0.3 is 0 Å². The summed E-state index contributed by atoms with van der Waals surface area (Å²) >= 11 is 0. The van der Waals surface area contributed by atoms with Crippen molar-refractivity contribution in [3.05, 3.63) is 29.3 Å². The van der Waals surface area contributed by atoms with Crippen LogP contribution in [0.4, 0.5) is 5.69 Å². The van der Waals surface area contributed by atoms with Gasteiger partial charge in [-0.1, -0.05) is 11.6 Å². The van der Waals surface area contributed by atoms with E-state index in [1.54, 1.807) is 0 Å². The van der Waals surface area contributed by atoms with Crippen molar-refractivity contribution in [1.29, 1.82) is 0 Å². The van der Waals surface area contributed by atoms with E-state index in [-0.39, 0.29) is 5.91 Å². The van der Waals surface area contributed by atoms with Crippen LogP contribution in [0.5, 0.6) is 0 Å². The number of hydrogen-bond acceptors (Lipinski definition) is 2. The van der Waals surface area contributed by atoms with Gasteiger partial charge in [-0.05, 0) is 38.3 Å². The Morgan fingerprint density at radius 1 is 1.24 bits per heavy atom. The lowest BCUT2D eigenvalue weighted by molar-refractivity contribution is 0.0725. The lowest BCUT2D eigenvalue weighted by Crippen LogP contribution is -2.35. The van der Waals surface area contributed by atoms with Gasteiger partial charge in [0.05, 0.1) is 5.56 Å². The summed E-state index contributed by atoms with van der Waals surface area (Å²) in [5, 5.41) is 3.10. The van der Waals surface area contributed by atoms with Crippen LogP contribution in [0.1, 0.15) is 35.2 Å². The molecule has 0 bridgehead atoms. The molecule has 1 aliphatic heterocycles. The molecule has 1 saturated heterocycles. The van der Waals surface area contributed by atoms with Gasteiger partial charge in [-0.3, -0.25) is 4.79 Å². The Bertz CT molecular complexity index is 409. The molecule has 1 heterocycles. The second-order valence-electron chi connectivity index (χ2n) is 4.65. The van der Waals surface area contributed by atoms with Crippen LogP contribution >= 0.6 is 0 Å². The molecule has 0 aliphatic carbocycles. The molecule has 1 N–H and O–H groups in total. The van der Waals surface area contributed by atoms with Crippen molar-refractivity contribution in [2.24, 2.45) is 0 Å². The minimum Gasteiger partial charge on any atom is -0.387 e. The number of benzene rings is 1. The van der Waals surface area contributed by atoms with Crippen molar-refractivity contribution in [2.45, 2.75) is 26.2 Å². The summed E-state index contributed by atoms with van der Waals surface area (Å²) in [4.78, 5) is 14.4. The first kappa shape index (κ1) is 12.0. The number of nitrogens with one attached hydrogen (secondary N) is 1. The molecule has 2 rings (SSSR count). The number of rotatable bonds is 2. The Morgan fingerprint density at radius 3 is 2.59 bits per heavy atom. The normalized spacial score (nSPS) is 15.8. The third kappa shape index (κ3) is 2.60. The summed E-state index contributed by atoms with van der Waals surface area (Å²) in [5.74, 6) is 0.165. The molecule has 1 amide bonds. The van der Waals surface area contributed by atoms with Gasteiger partial charge in [0.2, 0.25) is 0 Å². The van der Waals surface area contributed by atoms with E-state index in [1.807, 2.05) is 37.1 Å². The van der Waals surface area contributed by atoms with Crippen LogP contribution in [0, 0.1) is 6.92 Å². The zero-order chi connectivity index (χ0) is 12.3. The number of carbonyl (C=O) groups is 1. The molecule has 0 unspecified atom stereocenters. The van der Waals surface area contributed by atoms with E-state index >= 15 is 0 Å². The molecule has 1 fully saturated rings. The Morgan fingerprint density at radius 2 is 1.94 bits per heavy atom. The molecule has 0 aromatic heterocycles. The highest BCUT2D eigenvalue weighted by molar-refractivity contribution is 5.99. The molecule has 0 atom stereocenters. The Labute approximate surface area is 103 Å². The molecule has 92 valence electrons. The third-order valence-corrected chi connectivity index (χ3v) is 3.32. The molecule has 0 radical (unpaired) electrons. The minimum atomic E-state index is 0.165. The van der Waals surface area contributed by atoms with Crippen LogP contribution in [0.3, 0.4) is 0 Å². The average Bonchev–Trinajstić information content (AvgIpc) is 2.39. The predicted octanol–water partition coefficient (Wildman–Crippen LogP) is 2.66. The molecule has 3 heteroatoms. The summed E-state index contributed by atoms with van der Waals surface area (Å²) in [6.45, 7) is 3.82. The maximum Gasteiger partial charge on any atom is 0.255 e. The summed E-state index contributed by atoms with van der Waals surface area (Å²) in [6.07, 6.45) is 3.51. The van der Waals surface area contributed by atoms with E-state index in [4.69, 9.17) is 0 Å². The standard InChI is InChI=1S/C14H20N2O/c1-11-6-7-13(15-2)12(10-11)14(17)16-8-4-3-5-9-16/h6-7,10,15H,3-5,8-9H2,1-2H3. The largest absolute Gasteiger partial charge is 0.387 e. The average molecular weight is 232 g/mol. The summed E-state index contributed by atoms with van der Waals surface area (Å²) in [5.41, 5.74) is 2.85. The van der Waals surface area contributed by atoms with E-state index in [2.05, 4.69) is 5.32 Å². The van der Waals surface area contributed by atoms with Crippen molar-refractivity contribution >= 4 is 11.6 Å². The Hall–Kier alpha value is -1.51. The van der Waals surface area contributed by atoms with Crippen molar-refractivity contribution in [1.82, 2.24) is 4.90 Å². The smallest absolute Gasteiger partial charge is 0.255 e. The number of piperidine rings is 1. The van der Waals surface area contributed by atoms with Crippen LogP contribution in [0.25, 0.3) is 0 Å². The first-order chi connectivity index (χ1) is 8.22. The van der Waals surface area contributed by atoms with Crippen LogP contribution in [-0.4, -0.2) is 30.9 Å². The van der Waals surface area contributed by atoms with Crippen molar-refractivity contribution in [3.8, 4) is 0 Å². The van der Waals surface area contributed by atoms with Gasteiger partial charge in [0.1, 0.15) is 0 Å². The van der Waals surface area contributed by atoms with Crippen LogP contribution in [-0.2, 0) is 0 Å². The molecule has 3 nitrogen and oxygen atoms in total. The molecular formula is C14H20N2O. The molecule has 1 aromatic carbocycles. The van der Waals surface area contributed by atoms with Gasteiger partial charge < -0.3 is 10.2 Å². The summed E-state index contributed by atoms with van der Waals surface area (Å²) in [7, 11) is 1.86. The van der Waals surface area contributed by atoms with Gasteiger partial charge in [0.25, 0.3) is 5.91 Å². The third-order valence-electron chi connectivity index (χ3n) is 3.32. The maximum absolute atomic E-state index is 12.4. The minimum absolute atomic E-state index is 0.165. The van der Waals surface area contributed by atoms with Crippen LogP contribution in [0.15, 0.2) is 18.2 Å². The van der Waals surface area contributed by atoms with Crippen LogP contribution < -0.4 is 5.32 Å². The molecule has 1 aliphatic rings. The highest BCUT2D eigenvalue weighted by Crippen LogP contribution is 2.21. The number of anilines is 1. The lowest BCUT2D eigenvalue weighted by Gasteiger charge is -2.27. The van der Waals surface area contributed by atoms with E-state index in [1.165, 1.54) is 6.42 Å². The van der Waals surface area contributed by atoms with Gasteiger partial charge in [-0.15, -0.1) is 0 Å². The quantitative estimate of drug-likeness (QED) is 0.850. The zero-order valence-corrected chi connectivity index (χ0v) is 10.6. The summed E-state index contributed by atoms with van der Waals surface area (Å²) < 4.78 is 0. The SMILES string of the molecule is CNc1ccc(C)cc1C(=O)N1CCCCC1. The van der Waals surface area contributed by atoms with Crippen molar-refractivity contribution in [2.75, 3.05) is 25.5 Å². The first-order valence-electron chi connectivity index (χ1n) is 6.30. The molecule has 0 spiro atoms. The highest BCUT2D eigenvalue weighted by atomic mass is 16.2. The maximum atomic E-state index is 12.4. The molecule has 1 aromatic rings. The number of nitrogens with zero attached hydrogens (tertiary/aromatic N) is 1. The van der Waals surface area contributed by atoms with E-state index in [0.717, 1.165) is 42.7 Å². The monoisotopic (exact) mass is 232 g/mol. The number of amides is 1. The van der Waals surface area contributed by atoms with Gasteiger partial charge in [0, 0.05) is 25.8 Å². The second-order valence-corrected chi connectivity index (χ2v) is 4.65. The number of carbonyl (C=O) groups excluding carboxylic acids is 1. The van der Waals surface area contributed by atoms with Gasteiger partial charge in [-0.25, -0.2) is 0 Å². The fourth-order valence-electron chi connectivity index (χ4n) is 2.32. The van der Waals surface area contributed by atoms with E-state index in [9.17, 15) is 4.79 Å². The molecular weight excluding hydrogens is 212 g/mol. The first-order valence-corrected chi connectivity index (χ1v) is 6.30. The topological polar surface area (TPSA) is 32.3 Å². The fraction of sp³-hybridized carbons (Fsp3) is 0.500. The Kier molecular flexibility index (Phi) is 3.67. The van der Waals surface area contributed by atoms with Crippen LogP contribution in [0.2, 0.25) is 0 Å². The lowest BCUT2D eigenvalue weighted by atomic mass is 10.1. The van der Waals surface area contributed by atoms with E-state index < -0.39 is 0 Å². The van der Waals surface area contributed by atoms with E-state index in [0.29, 0.717) is 0 Å². The zero-order valence-electron chi connectivity index (χ0n) is 10.6. The number of aryl methyl sites for hydroxylation is 1. The Balaban J connectivity index is 2.25. The predicted molar refractivity (Wildman–Crippen MR) is 70.5 cm³/mol.